The Morgan fingerprint density at radius 2 is 0.818 bits per heavy atom. The zero-order valence-electron chi connectivity index (χ0n) is 79.5. The van der Waals surface area contributed by atoms with E-state index >= 15 is 17.6 Å². The molecule has 2 amide bonds. The number of ether oxygens (including phenoxy) is 10. The first-order valence-electron chi connectivity index (χ1n) is 45.9. The molecule has 6 aromatic carbocycles. The van der Waals surface area contributed by atoms with Crippen LogP contribution in [0.3, 0.4) is 0 Å². The number of carbonyl (C=O) groups excluding carboxylic acids is 2. The van der Waals surface area contributed by atoms with Crippen LogP contribution in [0.15, 0.2) is 205 Å². The second-order valence-electron chi connectivity index (χ2n) is 34.5. The van der Waals surface area contributed by atoms with Crippen molar-refractivity contribution in [1.82, 2.24) is 78.1 Å². The van der Waals surface area contributed by atoms with Crippen molar-refractivity contribution < 1.29 is 97.1 Å². The van der Waals surface area contributed by atoms with E-state index in [4.69, 9.17) is 76.6 Å². The lowest BCUT2D eigenvalue weighted by Gasteiger charge is -2.39. The van der Waals surface area contributed by atoms with Crippen LogP contribution in [-0.4, -0.2) is 232 Å². The van der Waals surface area contributed by atoms with Crippen LogP contribution in [-0.2, 0) is 71.8 Å². The molecule has 4 aliphatic rings. The van der Waals surface area contributed by atoms with E-state index in [1.54, 1.807) is 130 Å². The highest BCUT2D eigenvalue weighted by molar-refractivity contribution is 7.85. The maximum absolute atomic E-state index is 18.4. The highest BCUT2D eigenvalue weighted by Crippen LogP contribution is 2.62. The molecule has 0 spiro atoms. The Bertz CT molecular complexity index is 6870. The maximum atomic E-state index is 18.4. The number of amides is 2. The quantitative estimate of drug-likeness (QED) is 0.00701. The average Bonchev–Trinajstić information content (AvgIpc) is 1.60. The summed E-state index contributed by atoms with van der Waals surface area (Å²) in [5, 5.41) is 5.21. The number of fused-ring (bicyclic) bond motifs is 4. The minimum atomic E-state index is -3.46. The monoisotopic (exact) mass is 2000 g/mol. The highest BCUT2D eigenvalue weighted by atomic mass is 31.2. The van der Waals surface area contributed by atoms with Crippen LogP contribution in [0.4, 0.5) is 29.5 Å². The second kappa shape index (κ2) is 43.6. The fraction of sp³-hybridized carbons (Fsp3) is 0.398. The van der Waals surface area contributed by atoms with E-state index < -0.39 is 175 Å². The molecule has 750 valence electrons. The molecule has 0 aliphatic carbocycles. The van der Waals surface area contributed by atoms with Gasteiger partial charge in [0.25, 0.3) is 11.1 Å². The van der Waals surface area contributed by atoms with Gasteiger partial charge >= 0.3 is 0 Å². The fourth-order valence-corrected chi connectivity index (χ4v) is 19.8. The number of nitrogens with zero attached hydrogens (tertiary/aromatic N) is 15. The standard InChI is InChI=1S/C50H56BF2N10O10P.C48H52F2N9O9P/c1-8-35-42(38(53)48(70-35)62-26-57-39-29(4)55-25-56-43(39)62)73-74(51,68-23-22-54-5)69-24-36-41(37(52)47(71-36)63-27-58-40-44(63)59-49(61-46(40)65)60-45(64)28(2)3)72-50(30-12-10-9-11-13-30,31-14-18-33(66-6)19-15-31)32-16-20-34(67-7)21-17-32;1-8-33-40(36(50)46(65-33)58-24-53-37-27(4)51-23-52-41(37)58)68-69(7)64-22-34-39(35(49)45(66-34)59-25-54-38-42(59)55-47(57-44(38)61)56-43(60)26(2)3)67-48(28-12-10-9-11-13-28,29-14-18-31(62-5)19-15-29)30-16-20-32(63-6)21-17-30/h9-21,25-28,35-38,41-42,47-48H,8,22-24H2,1-4,6-7,51H3,(H2,59,60,61,64,65);9-21,23-26,33-36,39-40,45-46H,8,22H2,1-7H3,(H2,55,56,57,60,61)/t35-,36-,37+,38+,41?,42?,47-,48-,74?;33-,34-,35+,36+,39?,40?,45-,46-,69?/m11/s1. The number of nitrogens with one attached hydrogen (secondary N) is 4. The largest absolute Gasteiger partial charge is 0.497 e. The SMILES string of the molecule is CC[C@H]1O[C@@H](n2cnc3c(C)ncnc32)[C@@H](F)C1OP(C)OC[C@H]1O[C@@H](n2cnc3c(=O)[nH]c(NC(=O)C(C)C)nc32)[C@@H](F)C1OC(c1ccccc1)(c1ccc(OC)cc1)c1ccc(OC)cc1.[BH3-][P+](OCC[N+]#[C-])(OC[C@H]1O[C@@H](n2cnc3c(=O)[nH]c(NC(=O)C(C)C)nc32)[C@@H](F)C1OC(c1ccccc1)(c1ccc(OC)cc1)c1ccc(OC)cc1)OC1[C@@H](CC)O[C@@H](n2cnc3c(C)ncnc32)[C@H]1F. The fourth-order valence-electron chi connectivity index (χ4n) is 17.6. The van der Waals surface area contributed by atoms with E-state index in [-0.39, 0.29) is 54.0 Å². The Kier molecular flexibility index (Phi) is 31.0. The number of aromatic nitrogens is 16. The predicted octanol–water partition coefficient (Wildman–Crippen LogP) is 14.0. The van der Waals surface area contributed by atoms with E-state index in [1.165, 1.54) is 51.7 Å². The Morgan fingerprint density at radius 3 is 1.19 bits per heavy atom. The van der Waals surface area contributed by atoms with Gasteiger partial charge in [-0.15, -0.1) is 0 Å². The van der Waals surface area contributed by atoms with Gasteiger partial charge in [-0.3, -0.25) is 58.0 Å². The van der Waals surface area contributed by atoms with Crippen molar-refractivity contribution in [2.75, 3.05) is 72.1 Å². The number of benzene rings is 6. The van der Waals surface area contributed by atoms with Gasteiger partial charge < -0.3 is 61.3 Å². The van der Waals surface area contributed by atoms with E-state index in [2.05, 4.69) is 75.3 Å². The Labute approximate surface area is 820 Å². The maximum Gasteiger partial charge on any atom is 0.280 e. The van der Waals surface area contributed by atoms with Crippen molar-refractivity contribution in [3.05, 3.63) is 273 Å². The molecule has 4 saturated heterocycles. The molecule has 18 rings (SSSR count). The summed E-state index contributed by atoms with van der Waals surface area (Å²) in [6.45, 7) is 22.4. The number of aryl methyl sites for hydroxylation is 2. The summed E-state index contributed by atoms with van der Waals surface area (Å²) >= 11 is 0. The van der Waals surface area contributed by atoms with Crippen molar-refractivity contribution in [2.24, 2.45) is 11.8 Å². The molecule has 12 heterocycles. The lowest BCUT2D eigenvalue weighted by molar-refractivity contribution is -0.119. The number of H-pyrrole nitrogens is 2. The van der Waals surface area contributed by atoms with Crippen molar-refractivity contribution in [2.45, 2.75) is 178 Å². The van der Waals surface area contributed by atoms with Gasteiger partial charge in [0.15, 0.2) is 104 Å². The van der Waals surface area contributed by atoms with Crippen molar-refractivity contribution in [1.29, 1.82) is 0 Å². The molecular weight excluding hydrogens is 1900 g/mol. The molecule has 143 heavy (non-hydrogen) atoms. The molecule has 4 N–H and O–H groups in total. The highest BCUT2D eigenvalue weighted by Gasteiger charge is 2.58. The average molecular weight is 2000 g/mol. The van der Waals surface area contributed by atoms with Crippen molar-refractivity contribution in [3.8, 4) is 23.0 Å². The first kappa shape index (κ1) is 101. The lowest BCUT2D eigenvalue weighted by atomic mass is 9.79. The number of aromatic amines is 2. The zero-order valence-corrected chi connectivity index (χ0v) is 81.3. The number of hydrogen-bond donors (Lipinski definition) is 4. The molecule has 4 aliphatic heterocycles. The number of alkyl halides is 4. The Balaban J connectivity index is 0.000000197. The molecular formula is C98H108BF4N19O19P2. The minimum Gasteiger partial charge on any atom is -0.497 e. The van der Waals surface area contributed by atoms with Gasteiger partial charge in [-0.2, -0.15) is 9.97 Å². The van der Waals surface area contributed by atoms with Gasteiger partial charge in [-0.1, -0.05) is 151 Å². The molecule has 0 radical (unpaired) electrons. The smallest absolute Gasteiger partial charge is 0.280 e. The van der Waals surface area contributed by atoms with Crippen LogP contribution >= 0.6 is 16.2 Å². The number of rotatable bonds is 37. The summed E-state index contributed by atoms with van der Waals surface area (Å²) in [5.41, 5.74) is 2.07. The van der Waals surface area contributed by atoms with Crippen LogP contribution in [0.1, 0.15) is 124 Å². The van der Waals surface area contributed by atoms with Crippen LogP contribution in [0.25, 0.3) is 49.5 Å². The Hall–Kier alpha value is -13.0. The number of imidazole rings is 4. The van der Waals surface area contributed by atoms with Crippen LogP contribution < -0.4 is 40.7 Å². The summed E-state index contributed by atoms with van der Waals surface area (Å²) < 4.78 is 171. The van der Waals surface area contributed by atoms with E-state index in [1.807, 2.05) is 123 Å². The molecule has 0 saturated carbocycles. The lowest BCUT2D eigenvalue weighted by Crippen LogP contribution is -2.44. The number of carbonyl (C=O) groups is 2. The topological polar surface area (TPSA) is 415 Å². The van der Waals surface area contributed by atoms with Crippen LogP contribution in [0, 0.1) is 32.3 Å². The van der Waals surface area contributed by atoms with Gasteiger partial charge in [0.2, 0.25) is 45.6 Å². The normalized spacial score (nSPS) is 23.0. The molecule has 4 fully saturated rings. The molecule has 8 aromatic heterocycles. The van der Waals surface area contributed by atoms with E-state index in [0.717, 1.165) is 0 Å². The summed E-state index contributed by atoms with van der Waals surface area (Å²) in [6, 6.07) is 47.7. The minimum absolute atomic E-state index is 0.0379. The van der Waals surface area contributed by atoms with Gasteiger partial charge in [0, 0.05) is 18.5 Å². The van der Waals surface area contributed by atoms with Gasteiger partial charge in [0.05, 0.1) is 84.0 Å². The second-order valence-corrected chi connectivity index (χ2v) is 37.0. The number of anilines is 2. The van der Waals surface area contributed by atoms with Crippen LogP contribution in [0.2, 0.25) is 0 Å². The molecule has 6 unspecified atom stereocenters. The molecule has 14 aromatic rings. The first-order chi connectivity index (χ1) is 69.1. The number of methoxy groups -OCH3 is 4. The summed E-state index contributed by atoms with van der Waals surface area (Å²) in [7, 11) is -0.260. The zero-order chi connectivity index (χ0) is 101. The third-order valence-corrected chi connectivity index (χ3v) is 27.3. The summed E-state index contributed by atoms with van der Waals surface area (Å²) in [5.74, 6) is 0.298. The summed E-state index contributed by atoms with van der Waals surface area (Å²) in [6.07, 6.45) is -12.7. The molecule has 18 atom stereocenters. The van der Waals surface area contributed by atoms with E-state index in [0.29, 0.717) is 103 Å². The Morgan fingerprint density at radius 1 is 0.476 bits per heavy atom. The first-order valence-corrected chi connectivity index (χ1v) is 48.6. The third-order valence-electron chi connectivity index (χ3n) is 25.1. The molecule has 38 nitrogen and oxygen atoms in total. The molecule has 45 heteroatoms. The van der Waals surface area contributed by atoms with Gasteiger partial charge in [0.1, 0.15) is 95.0 Å². The van der Waals surface area contributed by atoms with Crippen molar-refractivity contribution in [3.63, 3.8) is 0 Å². The van der Waals surface area contributed by atoms with Gasteiger partial charge in [-0.05, 0) is 109 Å². The number of halogens is 4. The van der Waals surface area contributed by atoms with E-state index in [9.17, 15) is 19.2 Å². The van der Waals surface area contributed by atoms with Gasteiger partial charge in [-0.25, -0.2) is 77.6 Å². The molecule has 0 bridgehead atoms. The third kappa shape index (κ3) is 20.4. The summed E-state index contributed by atoms with van der Waals surface area (Å²) in [4.78, 5) is 104. The van der Waals surface area contributed by atoms with Crippen LogP contribution in [0.5, 0.6) is 23.0 Å². The predicted molar refractivity (Wildman–Crippen MR) is 522 cm³/mol. The number of hydrogen-bond acceptors (Lipinski definition) is 29. The van der Waals surface area contributed by atoms with Crippen molar-refractivity contribution >= 4 is 92.1 Å².